The Morgan fingerprint density at radius 3 is 2.62 bits per heavy atom. The summed E-state index contributed by atoms with van der Waals surface area (Å²) >= 11 is 2.26. The standard InChI is InChI=1S/C16H11FN2O3S2/c17-10-3-5-11(6-4-10)18-14(20)9-19-15(21)13(24-16(19)22)8-12-2-1-7-23-12/h1-8H,9H2,(H,18,20)/b13-8+. The van der Waals surface area contributed by atoms with E-state index in [9.17, 15) is 18.8 Å². The van der Waals surface area contributed by atoms with Gasteiger partial charge in [-0.05, 0) is 53.5 Å². The van der Waals surface area contributed by atoms with E-state index >= 15 is 0 Å². The second-order valence-corrected chi connectivity index (χ2v) is 6.81. The maximum absolute atomic E-state index is 12.8. The Hall–Kier alpha value is -2.45. The molecule has 1 N–H and O–H groups in total. The molecule has 0 spiro atoms. The Bertz CT molecular complexity index is 816. The fraction of sp³-hybridized carbons (Fsp3) is 0.0625. The summed E-state index contributed by atoms with van der Waals surface area (Å²) < 4.78 is 12.8. The second-order valence-electron chi connectivity index (χ2n) is 4.84. The van der Waals surface area contributed by atoms with Crippen LogP contribution >= 0.6 is 23.1 Å². The number of nitrogens with one attached hydrogen (secondary N) is 1. The van der Waals surface area contributed by atoms with Gasteiger partial charge in [-0.1, -0.05) is 6.07 Å². The van der Waals surface area contributed by atoms with E-state index in [0.29, 0.717) is 5.69 Å². The number of carbonyl (C=O) groups is 3. The summed E-state index contributed by atoms with van der Waals surface area (Å²) in [5, 5.41) is 3.90. The Labute approximate surface area is 145 Å². The average Bonchev–Trinajstić information content (AvgIpc) is 3.14. The summed E-state index contributed by atoms with van der Waals surface area (Å²) in [5.41, 5.74) is 0.391. The molecule has 5 nitrogen and oxygen atoms in total. The SMILES string of the molecule is O=C(CN1C(=O)S/C(=C/c2cccs2)C1=O)Nc1ccc(F)cc1. The summed E-state index contributed by atoms with van der Waals surface area (Å²) in [7, 11) is 0. The van der Waals surface area contributed by atoms with Crippen LogP contribution in [-0.4, -0.2) is 28.5 Å². The zero-order valence-electron chi connectivity index (χ0n) is 12.2. The normalized spacial score (nSPS) is 16.0. The van der Waals surface area contributed by atoms with Crippen molar-refractivity contribution in [3.63, 3.8) is 0 Å². The number of imide groups is 1. The van der Waals surface area contributed by atoms with E-state index in [0.717, 1.165) is 21.5 Å². The lowest BCUT2D eigenvalue weighted by Crippen LogP contribution is -2.36. The van der Waals surface area contributed by atoms with Crippen molar-refractivity contribution in [1.29, 1.82) is 0 Å². The van der Waals surface area contributed by atoms with Crippen LogP contribution in [0.2, 0.25) is 0 Å². The lowest BCUT2D eigenvalue weighted by Gasteiger charge is -2.12. The van der Waals surface area contributed by atoms with Gasteiger partial charge in [0.25, 0.3) is 11.1 Å². The number of carbonyl (C=O) groups excluding carboxylic acids is 3. The number of thioether (sulfide) groups is 1. The molecule has 0 aliphatic carbocycles. The van der Waals surface area contributed by atoms with E-state index in [2.05, 4.69) is 5.32 Å². The average molecular weight is 362 g/mol. The molecule has 0 bridgehead atoms. The molecule has 0 radical (unpaired) electrons. The maximum Gasteiger partial charge on any atom is 0.294 e. The Kier molecular flexibility index (Phi) is 4.77. The number of hydrogen-bond donors (Lipinski definition) is 1. The van der Waals surface area contributed by atoms with Crippen molar-refractivity contribution in [3.05, 3.63) is 57.4 Å². The van der Waals surface area contributed by atoms with Crippen LogP contribution in [0.3, 0.4) is 0 Å². The minimum Gasteiger partial charge on any atom is -0.325 e. The van der Waals surface area contributed by atoms with Crippen LogP contribution < -0.4 is 5.32 Å². The summed E-state index contributed by atoms with van der Waals surface area (Å²) in [6.07, 6.45) is 1.63. The monoisotopic (exact) mass is 362 g/mol. The van der Waals surface area contributed by atoms with E-state index < -0.39 is 22.9 Å². The van der Waals surface area contributed by atoms with Gasteiger partial charge in [0.15, 0.2) is 0 Å². The number of rotatable bonds is 4. The third-order valence-corrected chi connectivity index (χ3v) is 4.85. The highest BCUT2D eigenvalue weighted by molar-refractivity contribution is 8.18. The van der Waals surface area contributed by atoms with Gasteiger partial charge in [-0.2, -0.15) is 0 Å². The van der Waals surface area contributed by atoms with Gasteiger partial charge in [0.1, 0.15) is 12.4 Å². The number of anilines is 1. The molecule has 3 amide bonds. The lowest BCUT2D eigenvalue weighted by molar-refractivity contribution is -0.127. The topological polar surface area (TPSA) is 66.5 Å². The largest absolute Gasteiger partial charge is 0.325 e. The molecule has 1 aliphatic heterocycles. The van der Waals surface area contributed by atoms with Crippen molar-refractivity contribution < 1.29 is 18.8 Å². The van der Waals surface area contributed by atoms with Crippen LogP contribution in [0, 0.1) is 5.82 Å². The summed E-state index contributed by atoms with van der Waals surface area (Å²) in [6.45, 7) is -0.385. The van der Waals surface area contributed by atoms with Gasteiger partial charge in [-0.15, -0.1) is 11.3 Å². The highest BCUT2D eigenvalue weighted by atomic mass is 32.2. The lowest BCUT2D eigenvalue weighted by atomic mass is 10.3. The summed E-state index contributed by atoms with van der Waals surface area (Å²) in [5.74, 6) is -1.44. The molecule has 8 heteroatoms. The number of amides is 3. The Morgan fingerprint density at radius 2 is 1.96 bits per heavy atom. The smallest absolute Gasteiger partial charge is 0.294 e. The van der Waals surface area contributed by atoms with Crippen LogP contribution in [0.4, 0.5) is 14.9 Å². The minimum absolute atomic E-state index is 0.289. The van der Waals surface area contributed by atoms with Crippen LogP contribution in [0.5, 0.6) is 0 Å². The molecule has 2 aromatic rings. The molecular weight excluding hydrogens is 351 g/mol. The van der Waals surface area contributed by atoms with Crippen molar-refractivity contribution in [2.24, 2.45) is 0 Å². The number of thiophene rings is 1. The number of halogens is 1. The molecule has 0 unspecified atom stereocenters. The van der Waals surface area contributed by atoms with E-state index in [-0.39, 0.29) is 11.4 Å². The molecule has 1 saturated heterocycles. The molecule has 2 heterocycles. The number of hydrogen-bond acceptors (Lipinski definition) is 5. The van der Waals surface area contributed by atoms with E-state index in [1.165, 1.54) is 35.6 Å². The first-order valence-corrected chi connectivity index (χ1v) is 8.57. The minimum atomic E-state index is -0.527. The van der Waals surface area contributed by atoms with Crippen molar-refractivity contribution >= 4 is 51.9 Å². The zero-order chi connectivity index (χ0) is 17.1. The Morgan fingerprint density at radius 1 is 1.21 bits per heavy atom. The van der Waals surface area contributed by atoms with Gasteiger partial charge >= 0.3 is 0 Å². The van der Waals surface area contributed by atoms with Crippen molar-refractivity contribution in [1.82, 2.24) is 4.90 Å². The Balaban J connectivity index is 1.66. The van der Waals surface area contributed by atoms with Crippen LogP contribution in [0.25, 0.3) is 6.08 Å². The second kappa shape index (κ2) is 6.98. The van der Waals surface area contributed by atoms with Gasteiger partial charge < -0.3 is 5.32 Å². The molecule has 0 saturated carbocycles. The molecule has 1 aromatic heterocycles. The number of nitrogens with zero attached hydrogens (tertiary/aromatic N) is 1. The summed E-state index contributed by atoms with van der Waals surface area (Å²) in [4.78, 5) is 38.3. The van der Waals surface area contributed by atoms with Crippen LogP contribution in [-0.2, 0) is 9.59 Å². The molecule has 3 rings (SSSR count). The van der Waals surface area contributed by atoms with Crippen molar-refractivity contribution in [3.8, 4) is 0 Å². The predicted octanol–water partition coefficient (Wildman–Crippen LogP) is 3.56. The molecule has 1 aliphatic rings. The third kappa shape index (κ3) is 3.72. The molecule has 1 aromatic carbocycles. The van der Waals surface area contributed by atoms with Gasteiger partial charge in [0.2, 0.25) is 5.91 Å². The van der Waals surface area contributed by atoms with Crippen LogP contribution in [0.1, 0.15) is 4.88 Å². The first kappa shape index (κ1) is 16.4. The fourth-order valence-corrected chi connectivity index (χ4v) is 3.58. The molecular formula is C16H11FN2O3S2. The first-order chi connectivity index (χ1) is 11.5. The predicted molar refractivity (Wildman–Crippen MR) is 92.0 cm³/mol. The molecule has 122 valence electrons. The van der Waals surface area contributed by atoms with Crippen LogP contribution in [0.15, 0.2) is 46.7 Å². The number of benzene rings is 1. The van der Waals surface area contributed by atoms with Gasteiger partial charge in [-0.3, -0.25) is 19.3 Å². The van der Waals surface area contributed by atoms with E-state index in [4.69, 9.17) is 0 Å². The highest BCUT2D eigenvalue weighted by Gasteiger charge is 2.36. The quantitative estimate of drug-likeness (QED) is 0.845. The van der Waals surface area contributed by atoms with Gasteiger partial charge in [0, 0.05) is 10.6 Å². The summed E-state index contributed by atoms with van der Waals surface area (Å²) in [6, 6.07) is 8.89. The molecule has 24 heavy (non-hydrogen) atoms. The van der Waals surface area contributed by atoms with E-state index in [1.807, 2.05) is 17.5 Å². The maximum atomic E-state index is 12.8. The third-order valence-electron chi connectivity index (χ3n) is 3.12. The molecule has 1 fully saturated rings. The zero-order valence-corrected chi connectivity index (χ0v) is 13.8. The van der Waals surface area contributed by atoms with Crippen molar-refractivity contribution in [2.45, 2.75) is 0 Å². The van der Waals surface area contributed by atoms with Gasteiger partial charge in [0.05, 0.1) is 4.91 Å². The van der Waals surface area contributed by atoms with Crippen molar-refractivity contribution in [2.75, 3.05) is 11.9 Å². The van der Waals surface area contributed by atoms with E-state index in [1.54, 1.807) is 6.08 Å². The fourth-order valence-electron chi connectivity index (χ4n) is 2.02. The highest BCUT2D eigenvalue weighted by Crippen LogP contribution is 2.32. The molecule has 0 atom stereocenters. The van der Waals surface area contributed by atoms with Gasteiger partial charge in [-0.25, -0.2) is 4.39 Å². The first-order valence-electron chi connectivity index (χ1n) is 6.87.